The molecule has 4 heteroatoms. The van der Waals surface area contributed by atoms with Crippen LogP contribution in [0.15, 0.2) is 48.5 Å². The molecule has 1 amide bonds. The highest BCUT2D eigenvalue weighted by molar-refractivity contribution is 6.02. The lowest BCUT2D eigenvalue weighted by molar-refractivity contribution is -0.111. The van der Waals surface area contributed by atoms with Crippen molar-refractivity contribution in [3.8, 4) is 11.5 Å². The minimum Gasteiger partial charge on any atom is -0.454 e. The average molecular weight is 309 g/mol. The number of amides is 1. The predicted octanol–water partition coefficient (Wildman–Crippen LogP) is 4.19. The number of nitrogens with one attached hydrogen (secondary N) is 1. The maximum Gasteiger partial charge on any atom is 0.248 e. The van der Waals surface area contributed by atoms with Gasteiger partial charge in [0.15, 0.2) is 11.5 Å². The van der Waals surface area contributed by atoms with Crippen molar-refractivity contribution in [3.63, 3.8) is 0 Å². The van der Waals surface area contributed by atoms with Crippen LogP contribution in [0.2, 0.25) is 0 Å². The van der Waals surface area contributed by atoms with Crippen LogP contribution >= 0.6 is 0 Å². The summed E-state index contributed by atoms with van der Waals surface area (Å²) in [6.07, 6.45) is 3.27. The molecule has 1 heterocycles. The Hall–Kier alpha value is -2.75. The Bertz CT molecular complexity index is 750. The zero-order valence-electron chi connectivity index (χ0n) is 13.2. The number of ether oxygens (including phenoxy) is 2. The highest BCUT2D eigenvalue weighted by Gasteiger charge is 2.12. The first kappa shape index (κ1) is 15.2. The predicted molar refractivity (Wildman–Crippen MR) is 90.8 cm³/mol. The van der Waals surface area contributed by atoms with Gasteiger partial charge < -0.3 is 14.8 Å². The lowest BCUT2D eigenvalue weighted by Gasteiger charge is -2.08. The first-order valence-electron chi connectivity index (χ1n) is 7.60. The topological polar surface area (TPSA) is 47.6 Å². The van der Waals surface area contributed by atoms with E-state index in [1.165, 1.54) is 11.6 Å². The molecule has 1 N–H and O–H groups in total. The molecule has 0 fully saturated rings. The van der Waals surface area contributed by atoms with E-state index in [0.717, 1.165) is 17.0 Å². The van der Waals surface area contributed by atoms with Crippen LogP contribution in [0.5, 0.6) is 11.5 Å². The zero-order chi connectivity index (χ0) is 16.2. The fourth-order valence-corrected chi connectivity index (χ4v) is 2.35. The SMILES string of the molecule is CC(C)c1cccc(NC(=O)/C=C/c2ccc3c(c2)OCO3)c1. The van der Waals surface area contributed by atoms with Crippen LogP contribution in [0.1, 0.15) is 30.9 Å². The van der Waals surface area contributed by atoms with E-state index >= 15 is 0 Å². The fourth-order valence-electron chi connectivity index (χ4n) is 2.35. The van der Waals surface area contributed by atoms with Gasteiger partial charge in [-0.2, -0.15) is 0 Å². The molecule has 0 spiro atoms. The van der Waals surface area contributed by atoms with Crippen molar-refractivity contribution in [1.29, 1.82) is 0 Å². The van der Waals surface area contributed by atoms with Crippen molar-refractivity contribution >= 4 is 17.7 Å². The molecule has 2 aromatic carbocycles. The summed E-state index contributed by atoms with van der Waals surface area (Å²) in [5, 5.41) is 2.88. The molecule has 4 nitrogen and oxygen atoms in total. The fraction of sp³-hybridized carbons (Fsp3) is 0.211. The van der Waals surface area contributed by atoms with Crippen LogP contribution < -0.4 is 14.8 Å². The molecular weight excluding hydrogens is 290 g/mol. The molecule has 0 aliphatic carbocycles. The van der Waals surface area contributed by atoms with Gasteiger partial charge in [0.25, 0.3) is 0 Å². The average Bonchev–Trinajstić information content (AvgIpc) is 3.01. The standard InChI is InChI=1S/C19H19NO3/c1-13(2)15-4-3-5-16(11-15)20-19(21)9-7-14-6-8-17-18(10-14)23-12-22-17/h3-11,13H,12H2,1-2H3,(H,20,21)/b9-7+. The van der Waals surface area contributed by atoms with Gasteiger partial charge in [0.1, 0.15) is 0 Å². The van der Waals surface area contributed by atoms with Crippen molar-refractivity contribution < 1.29 is 14.3 Å². The van der Waals surface area contributed by atoms with Gasteiger partial charge in [-0.05, 0) is 47.4 Å². The van der Waals surface area contributed by atoms with Gasteiger partial charge in [-0.15, -0.1) is 0 Å². The highest BCUT2D eigenvalue weighted by Crippen LogP contribution is 2.32. The van der Waals surface area contributed by atoms with Crippen LogP contribution in [0, 0.1) is 0 Å². The van der Waals surface area contributed by atoms with Gasteiger partial charge in [0.05, 0.1) is 0 Å². The van der Waals surface area contributed by atoms with E-state index < -0.39 is 0 Å². The van der Waals surface area contributed by atoms with E-state index in [4.69, 9.17) is 9.47 Å². The van der Waals surface area contributed by atoms with Crippen molar-refractivity contribution in [2.24, 2.45) is 0 Å². The number of rotatable bonds is 4. The van der Waals surface area contributed by atoms with Crippen molar-refractivity contribution in [1.82, 2.24) is 0 Å². The number of hydrogen-bond acceptors (Lipinski definition) is 3. The van der Waals surface area contributed by atoms with E-state index in [0.29, 0.717) is 11.7 Å². The number of fused-ring (bicyclic) bond motifs is 1. The summed E-state index contributed by atoms with van der Waals surface area (Å²) in [6.45, 7) is 4.50. The third-order valence-corrected chi connectivity index (χ3v) is 3.64. The Balaban J connectivity index is 1.66. The summed E-state index contributed by atoms with van der Waals surface area (Å²) in [6, 6.07) is 13.5. The van der Waals surface area contributed by atoms with E-state index in [1.54, 1.807) is 6.08 Å². The monoisotopic (exact) mass is 309 g/mol. The summed E-state index contributed by atoms with van der Waals surface area (Å²) in [4.78, 5) is 12.0. The molecule has 0 atom stereocenters. The summed E-state index contributed by atoms with van der Waals surface area (Å²) in [5.74, 6) is 1.70. The van der Waals surface area contributed by atoms with Crippen molar-refractivity contribution in [3.05, 3.63) is 59.7 Å². The van der Waals surface area contributed by atoms with Crippen LogP contribution in [-0.4, -0.2) is 12.7 Å². The van der Waals surface area contributed by atoms with Gasteiger partial charge in [0, 0.05) is 11.8 Å². The number of anilines is 1. The lowest BCUT2D eigenvalue weighted by Crippen LogP contribution is -2.08. The molecular formula is C19H19NO3. The van der Waals surface area contributed by atoms with Crippen LogP contribution in [0.4, 0.5) is 5.69 Å². The molecule has 3 rings (SSSR count). The van der Waals surface area contributed by atoms with Gasteiger partial charge in [0.2, 0.25) is 12.7 Å². The minimum absolute atomic E-state index is 0.163. The molecule has 118 valence electrons. The van der Waals surface area contributed by atoms with Gasteiger partial charge >= 0.3 is 0 Å². The molecule has 0 saturated carbocycles. The summed E-state index contributed by atoms with van der Waals surface area (Å²) >= 11 is 0. The quantitative estimate of drug-likeness (QED) is 0.861. The van der Waals surface area contributed by atoms with Crippen LogP contribution in [-0.2, 0) is 4.79 Å². The second-order valence-electron chi connectivity index (χ2n) is 5.72. The Kier molecular flexibility index (Phi) is 4.33. The Morgan fingerprint density at radius 1 is 1.13 bits per heavy atom. The van der Waals surface area contributed by atoms with E-state index in [2.05, 4.69) is 25.2 Å². The van der Waals surface area contributed by atoms with E-state index in [1.807, 2.05) is 36.4 Å². The smallest absolute Gasteiger partial charge is 0.248 e. The summed E-state index contributed by atoms with van der Waals surface area (Å²) < 4.78 is 10.6. The van der Waals surface area contributed by atoms with Gasteiger partial charge in [-0.3, -0.25) is 4.79 Å². The minimum atomic E-state index is -0.163. The molecule has 1 aliphatic rings. The maximum absolute atomic E-state index is 12.0. The molecule has 0 bridgehead atoms. The normalized spacial score (nSPS) is 12.8. The summed E-state index contributed by atoms with van der Waals surface area (Å²) in [7, 11) is 0. The molecule has 1 aliphatic heterocycles. The first-order valence-corrected chi connectivity index (χ1v) is 7.60. The van der Waals surface area contributed by atoms with Crippen molar-refractivity contribution in [2.45, 2.75) is 19.8 Å². The van der Waals surface area contributed by atoms with Crippen LogP contribution in [0.3, 0.4) is 0 Å². The largest absolute Gasteiger partial charge is 0.454 e. The molecule has 0 unspecified atom stereocenters. The zero-order valence-corrected chi connectivity index (χ0v) is 13.2. The number of benzene rings is 2. The van der Waals surface area contributed by atoms with E-state index in [9.17, 15) is 4.79 Å². The van der Waals surface area contributed by atoms with Gasteiger partial charge in [-0.1, -0.05) is 32.0 Å². The molecule has 0 aromatic heterocycles. The van der Waals surface area contributed by atoms with E-state index in [-0.39, 0.29) is 12.7 Å². The molecule has 2 aromatic rings. The third kappa shape index (κ3) is 3.72. The Labute approximate surface area is 135 Å². The Morgan fingerprint density at radius 2 is 1.96 bits per heavy atom. The van der Waals surface area contributed by atoms with Crippen LogP contribution in [0.25, 0.3) is 6.08 Å². The summed E-state index contributed by atoms with van der Waals surface area (Å²) in [5.41, 5.74) is 2.89. The molecule has 23 heavy (non-hydrogen) atoms. The van der Waals surface area contributed by atoms with Gasteiger partial charge in [-0.25, -0.2) is 0 Å². The lowest BCUT2D eigenvalue weighted by atomic mass is 10.0. The first-order chi connectivity index (χ1) is 11.1. The number of carbonyl (C=O) groups is 1. The van der Waals surface area contributed by atoms with Crippen molar-refractivity contribution in [2.75, 3.05) is 12.1 Å². The second kappa shape index (κ2) is 6.57. The third-order valence-electron chi connectivity index (χ3n) is 3.64. The Morgan fingerprint density at radius 3 is 2.78 bits per heavy atom. The number of carbonyl (C=O) groups excluding carboxylic acids is 1. The molecule has 0 saturated heterocycles. The molecule has 0 radical (unpaired) electrons. The maximum atomic E-state index is 12.0. The number of hydrogen-bond donors (Lipinski definition) is 1. The second-order valence-corrected chi connectivity index (χ2v) is 5.72. The highest BCUT2D eigenvalue weighted by atomic mass is 16.7.